The second-order valence-electron chi connectivity index (χ2n) is 6.91. The molecule has 7 nitrogen and oxygen atoms in total. The number of hydrogen-bond donors (Lipinski definition) is 1. The number of imidazole rings is 1. The maximum atomic E-state index is 12.9. The fourth-order valence-corrected chi connectivity index (χ4v) is 4.63. The van der Waals surface area contributed by atoms with E-state index < -0.39 is 22.0 Å². The highest BCUT2D eigenvalue weighted by molar-refractivity contribution is 7.92. The molecule has 0 aliphatic carbocycles. The van der Waals surface area contributed by atoms with Gasteiger partial charge in [0, 0.05) is 24.0 Å². The highest BCUT2D eigenvalue weighted by atomic mass is 35.5. The molecule has 0 saturated heterocycles. The lowest BCUT2D eigenvalue weighted by Gasteiger charge is -2.28. The minimum Gasteiger partial charge on any atom is -0.350 e. The second-order valence-corrected chi connectivity index (χ2v) is 9.20. The first-order chi connectivity index (χ1) is 14.2. The van der Waals surface area contributed by atoms with E-state index in [2.05, 4.69) is 10.3 Å². The van der Waals surface area contributed by atoms with Gasteiger partial charge < -0.3 is 9.88 Å². The maximum Gasteiger partial charge on any atom is 0.243 e. The number of amides is 1. The highest BCUT2D eigenvalue weighted by Gasteiger charge is 2.29. The minimum absolute atomic E-state index is 0.240. The molecule has 1 atom stereocenters. The predicted molar refractivity (Wildman–Crippen MR) is 118 cm³/mol. The maximum absolute atomic E-state index is 12.9. The van der Waals surface area contributed by atoms with Crippen molar-refractivity contribution in [2.24, 2.45) is 0 Å². The van der Waals surface area contributed by atoms with E-state index >= 15 is 0 Å². The molecule has 1 amide bonds. The Balaban J connectivity index is 1.81. The number of nitrogens with zero attached hydrogens (tertiary/aromatic N) is 3. The Kier molecular flexibility index (Phi) is 6.48. The minimum atomic E-state index is -3.71. The van der Waals surface area contributed by atoms with Gasteiger partial charge in [-0.2, -0.15) is 0 Å². The Bertz CT molecular complexity index is 1160. The van der Waals surface area contributed by atoms with Crippen molar-refractivity contribution in [3.63, 3.8) is 0 Å². The van der Waals surface area contributed by atoms with E-state index in [-0.39, 0.29) is 6.54 Å². The first kappa shape index (κ1) is 21.9. The number of halogens is 1. The standard InChI is InChI=1S/C21H23ClN4O3S/c1-15(26(30(3,28)29)19-9-6-8-18(22)13-19)21(27)24-14-17-7-4-5-10-20(17)25-12-11-23-16(25)2/h4-13,15H,14H2,1-3H3,(H,24,27)/t15-/m0/s1. The van der Waals surface area contributed by atoms with Crippen molar-refractivity contribution in [3.8, 4) is 5.69 Å². The molecule has 30 heavy (non-hydrogen) atoms. The van der Waals surface area contributed by atoms with Crippen LogP contribution in [0, 0.1) is 6.92 Å². The van der Waals surface area contributed by atoms with E-state index in [0.29, 0.717) is 10.7 Å². The monoisotopic (exact) mass is 446 g/mol. The van der Waals surface area contributed by atoms with E-state index in [0.717, 1.165) is 27.6 Å². The van der Waals surface area contributed by atoms with Crippen molar-refractivity contribution >= 4 is 33.2 Å². The average Bonchev–Trinajstić information content (AvgIpc) is 3.11. The molecule has 0 radical (unpaired) electrons. The van der Waals surface area contributed by atoms with Crippen molar-refractivity contribution in [2.75, 3.05) is 10.6 Å². The highest BCUT2D eigenvalue weighted by Crippen LogP contribution is 2.24. The average molecular weight is 447 g/mol. The Hall–Kier alpha value is -2.84. The molecule has 2 aromatic carbocycles. The number of hydrogen-bond acceptors (Lipinski definition) is 4. The molecule has 1 N–H and O–H groups in total. The second kappa shape index (κ2) is 8.89. The molecular weight excluding hydrogens is 424 g/mol. The normalized spacial score (nSPS) is 12.4. The number of benzene rings is 2. The summed E-state index contributed by atoms with van der Waals surface area (Å²) in [7, 11) is -3.71. The van der Waals surface area contributed by atoms with Crippen LogP contribution in [-0.4, -0.2) is 36.2 Å². The van der Waals surface area contributed by atoms with Crippen molar-refractivity contribution in [3.05, 3.63) is 77.3 Å². The Labute approximate surface area is 181 Å². The van der Waals surface area contributed by atoms with Crippen LogP contribution in [0.15, 0.2) is 60.9 Å². The van der Waals surface area contributed by atoms with Crippen LogP contribution in [0.1, 0.15) is 18.3 Å². The Morgan fingerprint density at radius 1 is 1.23 bits per heavy atom. The van der Waals surface area contributed by atoms with Crippen molar-refractivity contribution in [1.82, 2.24) is 14.9 Å². The number of para-hydroxylation sites is 1. The third-order valence-electron chi connectivity index (χ3n) is 4.68. The summed E-state index contributed by atoms with van der Waals surface area (Å²) in [5, 5.41) is 3.23. The number of sulfonamides is 1. The van der Waals surface area contributed by atoms with Gasteiger partial charge in [0.1, 0.15) is 11.9 Å². The number of carbonyl (C=O) groups is 1. The van der Waals surface area contributed by atoms with Crippen molar-refractivity contribution in [2.45, 2.75) is 26.4 Å². The summed E-state index contributed by atoms with van der Waals surface area (Å²) < 4.78 is 27.8. The van der Waals surface area contributed by atoms with E-state index in [1.807, 2.05) is 42.0 Å². The number of nitrogens with one attached hydrogen (secondary N) is 1. The molecule has 9 heteroatoms. The lowest BCUT2D eigenvalue weighted by molar-refractivity contribution is -0.122. The summed E-state index contributed by atoms with van der Waals surface area (Å²) in [6.07, 6.45) is 4.62. The van der Waals surface area contributed by atoms with Gasteiger partial charge in [-0.25, -0.2) is 13.4 Å². The summed E-state index contributed by atoms with van der Waals surface area (Å²) in [4.78, 5) is 17.1. The molecule has 0 spiro atoms. The molecule has 3 rings (SSSR count). The molecule has 0 saturated carbocycles. The zero-order valence-electron chi connectivity index (χ0n) is 16.9. The smallest absolute Gasteiger partial charge is 0.243 e. The summed E-state index contributed by atoms with van der Waals surface area (Å²) in [5.74, 6) is 0.406. The predicted octanol–water partition coefficient (Wildman–Crippen LogP) is 3.31. The van der Waals surface area contributed by atoms with Gasteiger partial charge in [0.25, 0.3) is 0 Å². The molecule has 0 fully saturated rings. The number of rotatable bonds is 7. The lowest BCUT2D eigenvalue weighted by atomic mass is 10.1. The molecule has 0 aliphatic rings. The van der Waals surface area contributed by atoms with E-state index in [1.165, 1.54) is 6.07 Å². The fraction of sp³-hybridized carbons (Fsp3) is 0.238. The van der Waals surface area contributed by atoms with Crippen LogP contribution in [0.4, 0.5) is 5.69 Å². The summed E-state index contributed by atoms with van der Waals surface area (Å²) in [6.45, 7) is 3.68. The summed E-state index contributed by atoms with van der Waals surface area (Å²) in [5.41, 5.74) is 2.12. The zero-order chi connectivity index (χ0) is 21.9. The third kappa shape index (κ3) is 4.83. The summed E-state index contributed by atoms with van der Waals surface area (Å²) in [6, 6.07) is 13.1. The number of aromatic nitrogens is 2. The van der Waals surface area contributed by atoms with Crippen LogP contribution in [-0.2, 0) is 21.4 Å². The number of aryl methyl sites for hydroxylation is 1. The van der Waals surface area contributed by atoms with Crippen molar-refractivity contribution in [1.29, 1.82) is 0 Å². The quantitative estimate of drug-likeness (QED) is 0.603. The Morgan fingerprint density at radius 3 is 2.60 bits per heavy atom. The SMILES string of the molecule is Cc1nccn1-c1ccccc1CNC(=O)[C@H](C)N(c1cccc(Cl)c1)S(C)(=O)=O. The van der Waals surface area contributed by atoms with Crippen LogP contribution in [0.2, 0.25) is 5.02 Å². The van der Waals surface area contributed by atoms with Gasteiger partial charge >= 0.3 is 0 Å². The molecule has 0 unspecified atom stereocenters. The van der Waals surface area contributed by atoms with E-state index in [4.69, 9.17) is 11.6 Å². The van der Waals surface area contributed by atoms with Gasteiger partial charge in [0.2, 0.25) is 15.9 Å². The number of carbonyl (C=O) groups excluding carboxylic acids is 1. The number of anilines is 1. The van der Waals surface area contributed by atoms with Gasteiger partial charge in [0.15, 0.2) is 0 Å². The van der Waals surface area contributed by atoms with Crippen LogP contribution < -0.4 is 9.62 Å². The van der Waals surface area contributed by atoms with Crippen LogP contribution in [0.25, 0.3) is 5.69 Å². The van der Waals surface area contributed by atoms with Gasteiger partial charge in [-0.05, 0) is 43.7 Å². The van der Waals surface area contributed by atoms with Gasteiger partial charge in [-0.15, -0.1) is 0 Å². The molecule has 1 aromatic heterocycles. The van der Waals surface area contributed by atoms with E-state index in [9.17, 15) is 13.2 Å². The topological polar surface area (TPSA) is 84.3 Å². The van der Waals surface area contributed by atoms with Gasteiger partial charge in [0.05, 0.1) is 17.6 Å². The Morgan fingerprint density at radius 2 is 1.97 bits per heavy atom. The van der Waals surface area contributed by atoms with Crippen LogP contribution in [0.3, 0.4) is 0 Å². The molecule has 3 aromatic rings. The zero-order valence-corrected chi connectivity index (χ0v) is 18.5. The molecular formula is C21H23ClN4O3S. The molecule has 0 bridgehead atoms. The first-order valence-electron chi connectivity index (χ1n) is 9.29. The molecule has 0 aliphatic heterocycles. The lowest BCUT2D eigenvalue weighted by Crippen LogP contribution is -2.47. The van der Waals surface area contributed by atoms with Crippen molar-refractivity contribution < 1.29 is 13.2 Å². The molecule has 158 valence electrons. The van der Waals surface area contributed by atoms with Crippen LogP contribution in [0.5, 0.6) is 0 Å². The third-order valence-corrected chi connectivity index (χ3v) is 6.16. The van der Waals surface area contributed by atoms with E-state index in [1.54, 1.807) is 31.3 Å². The van der Waals surface area contributed by atoms with Gasteiger partial charge in [-0.1, -0.05) is 35.9 Å². The first-order valence-corrected chi connectivity index (χ1v) is 11.5. The van der Waals surface area contributed by atoms with Crippen LogP contribution >= 0.6 is 11.6 Å². The summed E-state index contributed by atoms with van der Waals surface area (Å²) >= 11 is 6.01. The molecule has 1 heterocycles. The fourth-order valence-electron chi connectivity index (χ4n) is 3.28. The largest absolute Gasteiger partial charge is 0.350 e. The van der Waals surface area contributed by atoms with Gasteiger partial charge in [-0.3, -0.25) is 9.10 Å².